The normalized spacial score (nSPS) is 10.9. The van der Waals surface area contributed by atoms with Gasteiger partial charge in [0.15, 0.2) is 16.4 Å². The number of aromatic nitrogens is 3. The molecule has 0 bridgehead atoms. The molecule has 3 aromatic heterocycles. The fourth-order valence-corrected chi connectivity index (χ4v) is 3.65. The zero-order valence-corrected chi connectivity index (χ0v) is 17.8. The van der Waals surface area contributed by atoms with E-state index in [-0.39, 0.29) is 28.6 Å². The summed E-state index contributed by atoms with van der Waals surface area (Å²) in [5.74, 6) is -2.33. The zero-order chi connectivity index (χ0) is 22.8. The maximum Gasteiger partial charge on any atom is 0.298 e. The number of carbonyl (C=O) groups excluding carboxylic acids is 2. The molecule has 0 saturated heterocycles. The Balaban J connectivity index is 1.60. The van der Waals surface area contributed by atoms with Crippen LogP contribution in [-0.2, 0) is 6.61 Å². The standard InChI is InChI=1S/C21H17F2N5O3S/c1-11-8-16(31-10-13-14(22)4-3-5-15(13)23)18-25-12(2)17(28(18)9-11)19(29)26-27-20(30)21-24-6-7-32-21/h3-9H,10H2,1-2H3,(H,26,29)(H,27,30). The number of thiazole rings is 1. The Morgan fingerprint density at radius 1 is 1.16 bits per heavy atom. The Kier molecular flexibility index (Phi) is 5.82. The van der Waals surface area contributed by atoms with Crippen LogP contribution in [-0.4, -0.2) is 26.2 Å². The van der Waals surface area contributed by atoms with Gasteiger partial charge in [0, 0.05) is 17.8 Å². The van der Waals surface area contributed by atoms with E-state index in [1.54, 1.807) is 31.5 Å². The molecular formula is C21H17F2N5O3S. The van der Waals surface area contributed by atoms with E-state index in [1.807, 2.05) is 0 Å². The number of hydrogen-bond acceptors (Lipinski definition) is 6. The van der Waals surface area contributed by atoms with Crippen LogP contribution in [0.15, 0.2) is 42.0 Å². The van der Waals surface area contributed by atoms with Gasteiger partial charge in [-0.25, -0.2) is 18.7 Å². The van der Waals surface area contributed by atoms with Crippen molar-refractivity contribution >= 4 is 28.8 Å². The van der Waals surface area contributed by atoms with Crippen molar-refractivity contribution in [3.05, 3.63) is 81.2 Å². The van der Waals surface area contributed by atoms with Crippen molar-refractivity contribution in [1.82, 2.24) is 25.2 Å². The van der Waals surface area contributed by atoms with Gasteiger partial charge < -0.3 is 4.74 Å². The molecule has 4 aromatic rings. The molecule has 1 aromatic carbocycles. The SMILES string of the molecule is Cc1cc(OCc2c(F)cccc2F)c2nc(C)c(C(=O)NNC(=O)c3nccs3)n2c1. The van der Waals surface area contributed by atoms with E-state index < -0.39 is 23.4 Å². The minimum absolute atomic E-state index is 0.171. The third kappa shape index (κ3) is 4.14. The highest BCUT2D eigenvalue weighted by Crippen LogP contribution is 2.26. The molecule has 0 atom stereocenters. The fraction of sp³-hybridized carbons (Fsp3) is 0.143. The third-order valence-corrected chi connectivity index (χ3v) is 5.33. The highest BCUT2D eigenvalue weighted by atomic mass is 32.1. The molecule has 3 heterocycles. The minimum atomic E-state index is -0.718. The number of nitrogens with zero attached hydrogens (tertiary/aromatic N) is 3. The van der Waals surface area contributed by atoms with E-state index in [1.165, 1.54) is 16.7 Å². The molecule has 8 nitrogen and oxygen atoms in total. The molecule has 0 spiro atoms. The van der Waals surface area contributed by atoms with Gasteiger partial charge in [0.25, 0.3) is 11.8 Å². The molecule has 0 aliphatic rings. The topological polar surface area (TPSA) is 97.6 Å². The second-order valence-electron chi connectivity index (χ2n) is 6.86. The number of hydrazine groups is 1. The number of rotatable bonds is 5. The van der Waals surface area contributed by atoms with Crippen molar-refractivity contribution in [3.8, 4) is 5.75 Å². The van der Waals surface area contributed by atoms with E-state index in [9.17, 15) is 18.4 Å². The quantitative estimate of drug-likeness (QED) is 0.448. The Morgan fingerprint density at radius 3 is 2.56 bits per heavy atom. The summed E-state index contributed by atoms with van der Waals surface area (Å²) in [6, 6.07) is 5.23. The number of fused-ring (bicyclic) bond motifs is 1. The van der Waals surface area contributed by atoms with Gasteiger partial charge in [-0.1, -0.05) is 6.07 Å². The van der Waals surface area contributed by atoms with Gasteiger partial charge in [-0.2, -0.15) is 0 Å². The summed E-state index contributed by atoms with van der Waals surface area (Å²) < 4.78 is 35.1. The first-order valence-electron chi connectivity index (χ1n) is 9.40. The summed E-state index contributed by atoms with van der Waals surface area (Å²) in [4.78, 5) is 33.0. The molecule has 11 heteroatoms. The van der Waals surface area contributed by atoms with Crippen molar-refractivity contribution in [2.75, 3.05) is 0 Å². The minimum Gasteiger partial charge on any atom is -0.485 e. The number of amides is 2. The molecule has 0 aliphatic carbocycles. The van der Waals surface area contributed by atoms with Crippen LogP contribution in [0.1, 0.15) is 37.1 Å². The van der Waals surface area contributed by atoms with Crippen molar-refractivity contribution in [2.24, 2.45) is 0 Å². The Hall–Kier alpha value is -3.86. The smallest absolute Gasteiger partial charge is 0.298 e. The summed E-state index contributed by atoms with van der Waals surface area (Å²) in [6.45, 7) is 3.05. The van der Waals surface area contributed by atoms with Crippen molar-refractivity contribution < 1.29 is 23.1 Å². The number of ether oxygens (including phenoxy) is 1. The predicted octanol–water partition coefficient (Wildman–Crippen LogP) is 3.34. The molecule has 4 rings (SSSR count). The van der Waals surface area contributed by atoms with Crippen LogP contribution >= 0.6 is 11.3 Å². The number of halogens is 2. The van der Waals surface area contributed by atoms with Crippen LogP contribution in [0.5, 0.6) is 5.75 Å². The van der Waals surface area contributed by atoms with Crippen LogP contribution in [0.2, 0.25) is 0 Å². The summed E-state index contributed by atoms with van der Waals surface area (Å²) in [5.41, 5.74) is 6.00. The van der Waals surface area contributed by atoms with E-state index in [4.69, 9.17) is 4.74 Å². The number of hydrogen-bond donors (Lipinski definition) is 2. The molecule has 0 saturated carbocycles. The van der Waals surface area contributed by atoms with Gasteiger partial charge in [0.1, 0.15) is 23.9 Å². The lowest BCUT2D eigenvalue weighted by Gasteiger charge is -2.11. The summed E-state index contributed by atoms with van der Waals surface area (Å²) in [6.07, 6.45) is 3.15. The van der Waals surface area contributed by atoms with E-state index >= 15 is 0 Å². The van der Waals surface area contributed by atoms with Gasteiger partial charge in [-0.3, -0.25) is 24.8 Å². The van der Waals surface area contributed by atoms with Gasteiger partial charge in [0.2, 0.25) is 0 Å². The third-order valence-electron chi connectivity index (χ3n) is 4.56. The number of imidazole rings is 1. The largest absolute Gasteiger partial charge is 0.485 e. The van der Waals surface area contributed by atoms with Gasteiger partial charge in [-0.05, 0) is 37.6 Å². The lowest BCUT2D eigenvalue weighted by atomic mass is 10.2. The van der Waals surface area contributed by atoms with Crippen LogP contribution in [0, 0.1) is 25.5 Å². The van der Waals surface area contributed by atoms with Crippen molar-refractivity contribution in [2.45, 2.75) is 20.5 Å². The number of benzene rings is 1. The lowest BCUT2D eigenvalue weighted by Crippen LogP contribution is -2.42. The highest BCUT2D eigenvalue weighted by molar-refractivity contribution is 7.11. The van der Waals surface area contributed by atoms with Crippen LogP contribution in [0.3, 0.4) is 0 Å². The monoisotopic (exact) mass is 457 g/mol. The first-order valence-corrected chi connectivity index (χ1v) is 10.3. The number of aryl methyl sites for hydroxylation is 2. The Labute approximate surface area is 184 Å². The first kappa shape index (κ1) is 21.4. The van der Waals surface area contributed by atoms with E-state index in [2.05, 4.69) is 20.8 Å². The fourth-order valence-electron chi connectivity index (χ4n) is 3.12. The van der Waals surface area contributed by atoms with Crippen LogP contribution in [0.4, 0.5) is 8.78 Å². The van der Waals surface area contributed by atoms with Crippen molar-refractivity contribution in [1.29, 1.82) is 0 Å². The molecule has 0 fully saturated rings. The van der Waals surface area contributed by atoms with Crippen LogP contribution < -0.4 is 15.6 Å². The average molecular weight is 457 g/mol. The Bertz CT molecular complexity index is 1300. The zero-order valence-electron chi connectivity index (χ0n) is 17.0. The average Bonchev–Trinajstić information content (AvgIpc) is 3.39. The molecule has 2 N–H and O–H groups in total. The van der Waals surface area contributed by atoms with Crippen LogP contribution in [0.25, 0.3) is 5.65 Å². The number of nitrogens with one attached hydrogen (secondary N) is 2. The molecule has 2 amide bonds. The first-order chi connectivity index (χ1) is 15.3. The van der Waals surface area contributed by atoms with E-state index in [0.29, 0.717) is 11.3 Å². The second-order valence-corrected chi connectivity index (χ2v) is 7.75. The summed E-state index contributed by atoms with van der Waals surface area (Å²) in [5, 5.41) is 1.84. The maximum atomic E-state index is 13.9. The molecule has 32 heavy (non-hydrogen) atoms. The van der Waals surface area contributed by atoms with Crippen molar-refractivity contribution in [3.63, 3.8) is 0 Å². The molecule has 0 aliphatic heterocycles. The number of pyridine rings is 1. The Morgan fingerprint density at radius 2 is 1.88 bits per heavy atom. The summed E-state index contributed by atoms with van der Waals surface area (Å²) >= 11 is 1.13. The summed E-state index contributed by atoms with van der Waals surface area (Å²) in [7, 11) is 0. The van der Waals surface area contributed by atoms with Gasteiger partial charge in [-0.15, -0.1) is 11.3 Å². The second kappa shape index (κ2) is 8.71. The predicted molar refractivity (Wildman–Crippen MR) is 112 cm³/mol. The van der Waals surface area contributed by atoms with Gasteiger partial charge >= 0.3 is 0 Å². The van der Waals surface area contributed by atoms with Gasteiger partial charge in [0.05, 0.1) is 11.3 Å². The molecule has 0 radical (unpaired) electrons. The molecule has 0 unspecified atom stereocenters. The number of carbonyl (C=O) groups is 2. The molecule has 164 valence electrons. The highest BCUT2D eigenvalue weighted by Gasteiger charge is 2.21. The lowest BCUT2D eigenvalue weighted by molar-refractivity contribution is 0.0842. The molecular weight excluding hydrogens is 440 g/mol. The van der Waals surface area contributed by atoms with E-state index in [0.717, 1.165) is 29.0 Å². The maximum absolute atomic E-state index is 13.9.